The standard InChI is InChI=1S/C19H32N4O2.HI/c1-4-20-19(22-15-16-9-12-23(2)13-10-16)21-11-14-25-18-7-5-17(24-3)6-8-18;/h5-8,16H,4,9-15H2,1-3H3,(H2,20,21,22);1H. The number of piperidine rings is 1. The summed E-state index contributed by atoms with van der Waals surface area (Å²) in [6.45, 7) is 7.50. The van der Waals surface area contributed by atoms with Crippen molar-refractivity contribution < 1.29 is 9.47 Å². The highest BCUT2D eigenvalue weighted by Gasteiger charge is 2.16. The molecule has 1 aliphatic heterocycles. The summed E-state index contributed by atoms with van der Waals surface area (Å²) in [7, 11) is 3.85. The van der Waals surface area contributed by atoms with Gasteiger partial charge in [-0.25, -0.2) is 0 Å². The average molecular weight is 476 g/mol. The molecule has 0 amide bonds. The Labute approximate surface area is 174 Å². The highest BCUT2D eigenvalue weighted by atomic mass is 127. The van der Waals surface area contributed by atoms with Crippen LogP contribution in [-0.2, 0) is 0 Å². The third-order valence-corrected chi connectivity index (χ3v) is 4.41. The zero-order valence-electron chi connectivity index (χ0n) is 16.2. The highest BCUT2D eigenvalue weighted by Crippen LogP contribution is 2.17. The lowest BCUT2D eigenvalue weighted by atomic mass is 9.97. The normalized spacial score (nSPS) is 15.9. The molecule has 0 unspecified atom stereocenters. The Kier molecular flexibility index (Phi) is 11.4. The van der Waals surface area contributed by atoms with Crippen LogP contribution >= 0.6 is 24.0 Å². The molecule has 7 heteroatoms. The Morgan fingerprint density at radius 1 is 1.15 bits per heavy atom. The number of benzene rings is 1. The number of methoxy groups -OCH3 is 1. The highest BCUT2D eigenvalue weighted by molar-refractivity contribution is 14.0. The van der Waals surface area contributed by atoms with E-state index in [-0.39, 0.29) is 24.0 Å². The van der Waals surface area contributed by atoms with Crippen molar-refractivity contribution in [2.45, 2.75) is 19.8 Å². The van der Waals surface area contributed by atoms with Gasteiger partial charge in [-0.05, 0) is 70.1 Å². The number of nitrogens with zero attached hydrogens (tertiary/aromatic N) is 2. The van der Waals surface area contributed by atoms with E-state index in [2.05, 4.69) is 29.5 Å². The molecule has 1 aromatic rings. The lowest BCUT2D eigenvalue weighted by Crippen LogP contribution is -2.40. The number of nitrogens with one attached hydrogen (secondary N) is 2. The second-order valence-electron chi connectivity index (χ2n) is 6.42. The van der Waals surface area contributed by atoms with Gasteiger partial charge >= 0.3 is 0 Å². The van der Waals surface area contributed by atoms with Gasteiger partial charge in [0.15, 0.2) is 5.96 Å². The van der Waals surface area contributed by atoms with Crippen molar-refractivity contribution in [1.29, 1.82) is 0 Å². The molecule has 1 aliphatic rings. The molecule has 0 saturated carbocycles. The second kappa shape index (κ2) is 13.0. The summed E-state index contributed by atoms with van der Waals surface area (Å²) in [5.41, 5.74) is 0. The molecular weight excluding hydrogens is 443 g/mol. The maximum Gasteiger partial charge on any atom is 0.191 e. The van der Waals surface area contributed by atoms with Crippen LogP contribution in [0.15, 0.2) is 29.3 Å². The predicted octanol–water partition coefficient (Wildman–Crippen LogP) is 2.59. The van der Waals surface area contributed by atoms with Crippen LogP contribution in [0.5, 0.6) is 11.5 Å². The first-order chi connectivity index (χ1) is 12.2. The molecular formula is C19H33IN4O2. The van der Waals surface area contributed by atoms with Gasteiger partial charge in [0, 0.05) is 13.1 Å². The van der Waals surface area contributed by atoms with Crippen molar-refractivity contribution in [2.24, 2.45) is 10.9 Å². The molecule has 0 atom stereocenters. The number of likely N-dealkylation sites (tertiary alicyclic amines) is 1. The lowest BCUT2D eigenvalue weighted by molar-refractivity contribution is 0.223. The lowest BCUT2D eigenvalue weighted by Gasteiger charge is -2.28. The zero-order chi connectivity index (χ0) is 17.9. The molecule has 148 valence electrons. The fourth-order valence-electron chi connectivity index (χ4n) is 2.82. The van der Waals surface area contributed by atoms with E-state index in [4.69, 9.17) is 14.5 Å². The molecule has 0 bridgehead atoms. The minimum atomic E-state index is 0. The maximum absolute atomic E-state index is 5.73. The number of hydrogen-bond donors (Lipinski definition) is 2. The molecule has 0 aromatic heterocycles. The van der Waals surface area contributed by atoms with Crippen LogP contribution in [0, 0.1) is 5.92 Å². The van der Waals surface area contributed by atoms with Crippen molar-refractivity contribution in [1.82, 2.24) is 15.5 Å². The topological polar surface area (TPSA) is 58.1 Å². The van der Waals surface area contributed by atoms with E-state index < -0.39 is 0 Å². The number of aliphatic imine (C=N–C) groups is 1. The van der Waals surface area contributed by atoms with Crippen LogP contribution in [0.4, 0.5) is 0 Å². The largest absolute Gasteiger partial charge is 0.497 e. The molecule has 1 fully saturated rings. The fraction of sp³-hybridized carbons (Fsp3) is 0.632. The molecule has 0 aliphatic carbocycles. The monoisotopic (exact) mass is 476 g/mol. The number of guanidine groups is 1. The van der Waals surface area contributed by atoms with E-state index >= 15 is 0 Å². The minimum Gasteiger partial charge on any atom is -0.497 e. The van der Waals surface area contributed by atoms with Crippen molar-refractivity contribution in [2.75, 3.05) is 53.5 Å². The molecule has 1 saturated heterocycles. The van der Waals surface area contributed by atoms with Gasteiger partial charge in [0.25, 0.3) is 0 Å². The van der Waals surface area contributed by atoms with Gasteiger partial charge in [-0.15, -0.1) is 24.0 Å². The van der Waals surface area contributed by atoms with E-state index in [1.165, 1.54) is 25.9 Å². The number of ether oxygens (including phenoxy) is 2. The summed E-state index contributed by atoms with van der Waals surface area (Å²) in [5.74, 6) is 3.25. The van der Waals surface area contributed by atoms with E-state index in [0.717, 1.165) is 30.5 Å². The quantitative estimate of drug-likeness (QED) is 0.262. The molecule has 26 heavy (non-hydrogen) atoms. The first-order valence-corrected chi connectivity index (χ1v) is 9.19. The van der Waals surface area contributed by atoms with Crippen LogP contribution in [0.2, 0.25) is 0 Å². The summed E-state index contributed by atoms with van der Waals surface area (Å²) in [5, 5.41) is 6.64. The number of hydrogen-bond acceptors (Lipinski definition) is 4. The van der Waals surface area contributed by atoms with E-state index in [9.17, 15) is 0 Å². The average Bonchev–Trinajstić information content (AvgIpc) is 2.65. The molecule has 2 N–H and O–H groups in total. The number of halogens is 1. The molecule has 0 spiro atoms. The number of rotatable bonds is 8. The Morgan fingerprint density at radius 2 is 1.81 bits per heavy atom. The van der Waals surface area contributed by atoms with Crippen LogP contribution < -0.4 is 20.1 Å². The summed E-state index contributed by atoms with van der Waals surface area (Å²) in [4.78, 5) is 7.12. The second-order valence-corrected chi connectivity index (χ2v) is 6.42. The predicted molar refractivity (Wildman–Crippen MR) is 118 cm³/mol. The first-order valence-electron chi connectivity index (χ1n) is 9.19. The third-order valence-electron chi connectivity index (χ3n) is 4.41. The molecule has 6 nitrogen and oxygen atoms in total. The molecule has 2 rings (SSSR count). The van der Waals surface area contributed by atoms with Crippen LogP contribution in [0.25, 0.3) is 0 Å². The fourth-order valence-corrected chi connectivity index (χ4v) is 2.82. The first kappa shape index (κ1) is 22.8. The molecule has 1 heterocycles. The van der Waals surface area contributed by atoms with Gasteiger partial charge < -0.3 is 25.0 Å². The summed E-state index contributed by atoms with van der Waals surface area (Å²) < 4.78 is 10.9. The van der Waals surface area contributed by atoms with Gasteiger partial charge in [0.05, 0.1) is 13.7 Å². The Morgan fingerprint density at radius 3 is 2.42 bits per heavy atom. The summed E-state index contributed by atoms with van der Waals surface area (Å²) in [6, 6.07) is 7.63. The summed E-state index contributed by atoms with van der Waals surface area (Å²) >= 11 is 0. The summed E-state index contributed by atoms with van der Waals surface area (Å²) in [6.07, 6.45) is 2.47. The van der Waals surface area contributed by atoms with Crippen LogP contribution in [-0.4, -0.2) is 64.3 Å². The maximum atomic E-state index is 5.73. The van der Waals surface area contributed by atoms with Gasteiger partial charge in [-0.3, -0.25) is 4.99 Å². The zero-order valence-corrected chi connectivity index (χ0v) is 18.5. The van der Waals surface area contributed by atoms with Crippen molar-refractivity contribution in [3.8, 4) is 11.5 Å². The van der Waals surface area contributed by atoms with Crippen molar-refractivity contribution >= 4 is 29.9 Å². The Hall–Kier alpha value is -1.22. The van der Waals surface area contributed by atoms with Crippen LogP contribution in [0.1, 0.15) is 19.8 Å². The third kappa shape index (κ3) is 8.44. The smallest absolute Gasteiger partial charge is 0.191 e. The van der Waals surface area contributed by atoms with E-state index in [1.54, 1.807) is 7.11 Å². The van der Waals surface area contributed by atoms with Gasteiger partial charge in [0.2, 0.25) is 0 Å². The van der Waals surface area contributed by atoms with Crippen LogP contribution in [0.3, 0.4) is 0 Å². The minimum absolute atomic E-state index is 0. The Balaban J connectivity index is 0.00000338. The SMILES string of the molecule is CCNC(=NCC1CCN(C)CC1)NCCOc1ccc(OC)cc1.I. The van der Waals surface area contributed by atoms with Gasteiger partial charge in [-0.2, -0.15) is 0 Å². The van der Waals surface area contributed by atoms with Gasteiger partial charge in [-0.1, -0.05) is 0 Å². The van der Waals surface area contributed by atoms with E-state index in [1.807, 2.05) is 24.3 Å². The van der Waals surface area contributed by atoms with Gasteiger partial charge in [0.1, 0.15) is 18.1 Å². The van der Waals surface area contributed by atoms with E-state index in [0.29, 0.717) is 19.1 Å². The van der Waals surface area contributed by atoms with Crippen molar-refractivity contribution in [3.63, 3.8) is 0 Å². The Bertz CT molecular complexity index is 517. The molecule has 1 aromatic carbocycles. The van der Waals surface area contributed by atoms with Crippen molar-refractivity contribution in [3.05, 3.63) is 24.3 Å². The molecule has 0 radical (unpaired) electrons.